The molecule has 1 fully saturated rings. The third-order valence-electron chi connectivity index (χ3n) is 6.78. The summed E-state index contributed by atoms with van der Waals surface area (Å²) in [6.07, 6.45) is 3.14. The zero-order chi connectivity index (χ0) is 27.0. The van der Waals surface area contributed by atoms with Gasteiger partial charge in [0, 0.05) is 50.0 Å². The molecule has 39 heavy (non-hydrogen) atoms. The van der Waals surface area contributed by atoms with E-state index in [2.05, 4.69) is 41.2 Å². The summed E-state index contributed by atoms with van der Waals surface area (Å²) in [6, 6.07) is 10.1. The monoisotopic (exact) mass is 528 g/mol. The van der Waals surface area contributed by atoms with Gasteiger partial charge in [0.2, 0.25) is 5.95 Å². The highest BCUT2D eigenvalue weighted by atomic mass is 16.6. The molecule has 4 aromatic rings. The summed E-state index contributed by atoms with van der Waals surface area (Å²) in [6.45, 7) is 10.4. The predicted octanol–water partition coefficient (Wildman–Crippen LogP) is 4.24. The van der Waals surface area contributed by atoms with E-state index in [0.717, 1.165) is 58.7 Å². The van der Waals surface area contributed by atoms with Crippen molar-refractivity contribution in [2.45, 2.75) is 46.1 Å². The number of aromatic amines is 1. The minimum atomic E-state index is -0.483. The van der Waals surface area contributed by atoms with Crippen LogP contribution in [0.3, 0.4) is 0 Å². The number of aromatic nitrogens is 5. The first-order valence-corrected chi connectivity index (χ1v) is 13.1. The van der Waals surface area contributed by atoms with E-state index in [1.165, 1.54) is 0 Å². The molecule has 1 aromatic carbocycles. The largest absolute Gasteiger partial charge is 0.444 e. The van der Waals surface area contributed by atoms with Gasteiger partial charge in [-0.05, 0) is 50.6 Å². The van der Waals surface area contributed by atoms with Crippen molar-refractivity contribution >= 4 is 28.9 Å². The van der Waals surface area contributed by atoms with Crippen LogP contribution >= 0.6 is 0 Å². The number of benzene rings is 1. The molecule has 3 aromatic heterocycles. The number of ether oxygens (including phenoxy) is 2. The lowest BCUT2D eigenvalue weighted by atomic mass is 10.1. The fourth-order valence-corrected chi connectivity index (χ4v) is 4.88. The summed E-state index contributed by atoms with van der Waals surface area (Å²) in [4.78, 5) is 37.8. The van der Waals surface area contributed by atoms with Gasteiger partial charge in [-0.3, -0.25) is 4.90 Å². The van der Waals surface area contributed by atoms with E-state index in [1.54, 1.807) is 17.4 Å². The molecule has 6 rings (SSSR count). The second-order valence-corrected chi connectivity index (χ2v) is 10.9. The number of nitrogens with zero attached hydrogens (tertiary/aromatic N) is 6. The van der Waals surface area contributed by atoms with Crippen LogP contribution in [-0.2, 0) is 29.2 Å². The molecule has 0 atom stereocenters. The van der Waals surface area contributed by atoms with E-state index in [-0.39, 0.29) is 6.09 Å². The number of nitrogens with one attached hydrogen (secondary N) is 2. The van der Waals surface area contributed by atoms with Crippen molar-refractivity contribution in [3.05, 3.63) is 59.7 Å². The number of pyridine rings is 1. The minimum absolute atomic E-state index is 0.245. The van der Waals surface area contributed by atoms with Crippen LogP contribution in [0.25, 0.3) is 22.3 Å². The maximum Gasteiger partial charge on any atom is 0.410 e. The Balaban J connectivity index is 1.10. The molecule has 2 N–H and O–H groups in total. The molecule has 11 heteroatoms. The van der Waals surface area contributed by atoms with Crippen molar-refractivity contribution in [3.63, 3.8) is 0 Å². The molecule has 2 aliphatic heterocycles. The van der Waals surface area contributed by atoms with Crippen molar-refractivity contribution in [2.75, 3.05) is 31.5 Å². The number of piperazine rings is 1. The molecule has 0 aliphatic carbocycles. The van der Waals surface area contributed by atoms with Gasteiger partial charge in [0.1, 0.15) is 17.7 Å². The summed E-state index contributed by atoms with van der Waals surface area (Å²) >= 11 is 0. The Kier molecular flexibility index (Phi) is 6.61. The van der Waals surface area contributed by atoms with Gasteiger partial charge in [-0.15, -0.1) is 0 Å². The number of fused-ring (bicyclic) bond motifs is 2. The number of imidazole rings is 1. The number of H-pyrrole nitrogens is 1. The molecule has 1 saturated heterocycles. The summed E-state index contributed by atoms with van der Waals surface area (Å²) in [5.41, 5.74) is 6.28. The van der Waals surface area contributed by atoms with Gasteiger partial charge in [0.05, 0.1) is 35.6 Å². The number of carbonyl (C=O) groups is 1. The lowest BCUT2D eigenvalue weighted by Gasteiger charge is -2.35. The zero-order valence-corrected chi connectivity index (χ0v) is 22.4. The standard InChI is InChI=1S/C28H32N8O3/c1-28(2,3)39-27(37)36-10-8-35(9-11-36)14-18-6-7-29-24(12-18)34-26-32-21-5-4-19(13-22(21)33-26)25-20-15-38-16-23(20)30-17-31-25/h4-7,12-13,17H,8-11,14-16H2,1-3H3,(H2,29,32,33,34). The van der Waals surface area contributed by atoms with Gasteiger partial charge >= 0.3 is 6.09 Å². The fourth-order valence-electron chi connectivity index (χ4n) is 4.88. The fraction of sp³-hybridized carbons (Fsp3) is 0.393. The third kappa shape index (κ3) is 5.69. The summed E-state index contributed by atoms with van der Waals surface area (Å²) in [5.74, 6) is 1.33. The van der Waals surface area contributed by atoms with Crippen LogP contribution in [0.4, 0.5) is 16.6 Å². The number of anilines is 2. The Morgan fingerprint density at radius 1 is 1.08 bits per heavy atom. The van der Waals surface area contributed by atoms with Crippen molar-refractivity contribution < 1.29 is 14.3 Å². The summed E-state index contributed by atoms with van der Waals surface area (Å²) in [7, 11) is 0. The van der Waals surface area contributed by atoms with E-state index in [1.807, 2.05) is 45.0 Å². The summed E-state index contributed by atoms with van der Waals surface area (Å²) < 4.78 is 11.1. The van der Waals surface area contributed by atoms with Crippen LogP contribution in [0.5, 0.6) is 0 Å². The van der Waals surface area contributed by atoms with Gasteiger partial charge in [-0.25, -0.2) is 24.7 Å². The van der Waals surface area contributed by atoms with Crippen LogP contribution < -0.4 is 5.32 Å². The molecule has 0 saturated carbocycles. The average Bonchev–Trinajstić information content (AvgIpc) is 3.54. The Morgan fingerprint density at radius 2 is 1.92 bits per heavy atom. The highest BCUT2D eigenvalue weighted by Crippen LogP contribution is 2.30. The topological polar surface area (TPSA) is 121 Å². The molecule has 0 unspecified atom stereocenters. The molecule has 202 valence electrons. The van der Waals surface area contributed by atoms with Crippen LogP contribution in [0, 0.1) is 0 Å². The molecule has 1 amide bonds. The van der Waals surface area contributed by atoms with E-state index in [4.69, 9.17) is 9.47 Å². The van der Waals surface area contributed by atoms with Gasteiger partial charge in [0.25, 0.3) is 0 Å². The Hall–Kier alpha value is -4.09. The van der Waals surface area contributed by atoms with E-state index in [0.29, 0.717) is 38.1 Å². The number of amides is 1. The molecule has 0 spiro atoms. The Bertz CT molecular complexity index is 1500. The first-order chi connectivity index (χ1) is 18.8. The minimum Gasteiger partial charge on any atom is -0.444 e. The van der Waals surface area contributed by atoms with Gasteiger partial charge in [0.15, 0.2) is 0 Å². The van der Waals surface area contributed by atoms with Crippen LogP contribution in [0.2, 0.25) is 0 Å². The third-order valence-corrected chi connectivity index (χ3v) is 6.78. The van der Waals surface area contributed by atoms with Crippen molar-refractivity contribution in [1.29, 1.82) is 0 Å². The molecule has 0 radical (unpaired) electrons. The van der Waals surface area contributed by atoms with E-state index < -0.39 is 5.60 Å². The number of carbonyl (C=O) groups excluding carboxylic acids is 1. The molecule has 0 bridgehead atoms. The second-order valence-electron chi connectivity index (χ2n) is 10.9. The number of hydrogen-bond acceptors (Lipinski definition) is 9. The lowest BCUT2D eigenvalue weighted by Crippen LogP contribution is -2.49. The molecule has 5 heterocycles. The van der Waals surface area contributed by atoms with E-state index >= 15 is 0 Å². The SMILES string of the molecule is CC(C)(C)OC(=O)N1CCN(Cc2ccnc(Nc3nc4ccc(-c5ncnc6c5COC6)cc4[nH]3)c2)CC1. The van der Waals surface area contributed by atoms with Gasteiger partial charge < -0.3 is 24.7 Å². The van der Waals surface area contributed by atoms with E-state index in [9.17, 15) is 4.79 Å². The maximum atomic E-state index is 12.3. The highest BCUT2D eigenvalue weighted by molar-refractivity contribution is 5.84. The Labute approximate surface area is 226 Å². The highest BCUT2D eigenvalue weighted by Gasteiger charge is 2.26. The molecular weight excluding hydrogens is 496 g/mol. The zero-order valence-electron chi connectivity index (χ0n) is 22.4. The van der Waals surface area contributed by atoms with Crippen molar-refractivity contribution in [3.8, 4) is 11.3 Å². The van der Waals surface area contributed by atoms with Gasteiger partial charge in [-0.2, -0.15) is 0 Å². The average molecular weight is 529 g/mol. The number of rotatable bonds is 5. The normalized spacial score (nSPS) is 15.9. The first kappa shape index (κ1) is 25.2. The Morgan fingerprint density at radius 3 is 2.74 bits per heavy atom. The first-order valence-electron chi connectivity index (χ1n) is 13.1. The lowest BCUT2D eigenvalue weighted by molar-refractivity contribution is 0.0139. The predicted molar refractivity (Wildman–Crippen MR) is 146 cm³/mol. The van der Waals surface area contributed by atoms with Crippen molar-refractivity contribution in [1.82, 2.24) is 34.7 Å². The van der Waals surface area contributed by atoms with Crippen LogP contribution in [0.15, 0.2) is 42.9 Å². The van der Waals surface area contributed by atoms with Crippen LogP contribution in [-0.4, -0.2) is 72.6 Å². The molecule has 2 aliphatic rings. The second kappa shape index (κ2) is 10.2. The molecular formula is C28H32N8O3. The maximum absolute atomic E-state index is 12.3. The van der Waals surface area contributed by atoms with Gasteiger partial charge in [-0.1, -0.05) is 6.07 Å². The smallest absolute Gasteiger partial charge is 0.410 e. The van der Waals surface area contributed by atoms with Crippen molar-refractivity contribution in [2.24, 2.45) is 0 Å². The number of hydrogen-bond donors (Lipinski definition) is 2. The molecule has 11 nitrogen and oxygen atoms in total. The quantitative estimate of drug-likeness (QED) is 0.392. The summed E-state index contributed by atoms with van der Waals surface area (Å²) in [5, 5.41) is 3.30. The van der Waals surface area contributed by atoms with Crippen LogP contribution in [0.1, 0.15) is 37.6 Å².